The van der Waals surface area contributed by atoms with Crippen LogP contribution in [0.5, 0.6) is 11.5 Å². The van der Waals surface area contributed by atoms with Gasteiger partial charge in [-0.15, -0.1) is 0 Å². The maximum absolute atomic E-state index is 13.6. The molecule has 3 aromatic rings. The summed E-state index contributed by atoms with van der Waals surface area (Å²) in [7, 11) is 0. The average molecular weight is 425 g/mol. The highest BCUT2D eigenvalue weighted by molar-refractivity contribution is 6.35. The van der Waals surface area contributed by atoms with E-state index in [-0.39, 0.29) is 11.6 Å². The van der Waals surface area contributed by atoms with Gasteiger partial charge < -0.3 is 9.57 Å². The molecule has 0 saturated heterocycles. The third kappa shape index (κ3) is 5.13. The van der Waals surface area contributed by atoms with Crippen molar-refractivity contribution in [3.63, 3.8) is 0 Å². The van der Waals surface area contributed by atoms with Crippen LogP contribution in [0.25, 0.3) is 0 Å². The van der Waals surface area contributed by atoms with Gasteiger partial charge in [-0.1, -0.05) is 58.2 Å². The lowest BCUT2D eigenvalue weighted by Crippen LogP contribution is -1.93. The fourth-order valence-corrected chi connectivity index (χ4v) is 2.84. The fourth-order valence-electron chi connectivity index (χ4n) is 2.21. The van der Waals surface area contributed by atoms with E-state index in [2.05, 4.69) is 5.16 Å². The highest BCUT2D eigenvalue weighted by atomic mass is 35.5. The number of ether oxygens (including phenoxy) is 1. The fraction of sp³-hybridized carbons (Fsp3) is 0.0500. The summed E-state index contributed by atoms with van der Waals surface area (Å²) in [6.07, 6.45) is 1.49. The number of para-hydroxylation sites is 1. The molecule has 3 nitrogen and oxygen atoms in total. The Morgan fingerprint density at radius 2 is 1.63 bits per heavy atom. The molecule has 0 aliphatic heterocycles. The molecule has 0 radical (unpaired) electrons. The Kier molecular flexibility index (Phi) is 6.56. The van der Waals surface area contributed by atoms with E-state index in [0.717, 1.165) is 0 Å². The summed E-state index contributed by atoms with van der Waals surface area (Å²) in [6.45, 7) is 0.125. The lowest BCUT2D eigenvalue weighted by Gasteiger charge is -2.09. The van der Waals surface area contributed by atoms with Crippen LogP contribution in [0.1, 0.15) is 11.1 Å². The SMILES string of the molecule is Fc1cc(Oc2ccccc2C=NOCc2c(Cl)cccc2Cl)ccc1Cl. The maximum atomic E-state index is 13.6. The third-order valence-corrected chi connectivity index (χ3v) is 4.59. The highest BCUT2D eigenvalue weighted by Crippen LogP contribution is 2.28. The van der Waals surface area contributed by atoms with Crippen molar-refractivity contribution in [2.75, 3.05) is 0 Å². The molecule has 3 aromatic carbocycles. The van der Waals surface area contributed by atoms with Gasteiger partial charge >= 0.3 is 0 Å². The van der Waals surface area contributed by atoms with Crippen LogP contribution in [0.3, 0.4) is 0 Å². The van der Waals surface area contributed by atoms with Crippen molar-refractivity contribution in [2.45, 2.75) is 6.61 Å². The smallest absolute Gasteiger partial charge is 0.145 e. The van der Waals surface area contributed by atoms with Gasteiger partial charge in [0.25, 0.3) is 0 Å². The van der Waals surface area contributed by atoms with Crippen LogP contribution in [0.2, 0.25) is 15.1 Å². The van der Waals surface area contributed by atoms with Crippen molar-refractivity contribution in [3.8, 4) is 11.5 Å². The second-order valence-corrected chi connectivity index (χ2v) is 6.65. The van der Waals surface area contributed by atoms with E-state index >= 15 is 0 Å². The van der Waals surface area contributed by atoms with Crippen molar-refractivity contribution in [1.82, 2.24) is 0 Å². The third-order valence-electron chi connectivity index (χ3n) is 3.57. The summed E-state index contributed by atoms with van der Waals surface area (Å²) >= 11 is 17.9. The standard InChI is InChI=1S/C20H13Cl3FNO2/c21-16-5-3-6-17(22)15(16)12-26-25-11-13-4-1-2-7-20(13)27-14-8-9-18(23)19(24)10-14/h1-11H,12H2. The van der Waals surface area contributed by atoms with Crippen molar-refractivity contribution in [3.05, 3.63) is 92.7 Å². The van der Waals surface area contributed by atoms with Crippen LogP contribution in [0.4, 0.5) is 4.39 Å². The summed E-state index contributed by atoms with van der Waals surface area (Å²) in [5, 5.41) is 4.98. The Morgan fingerprint density at radius 1 is 0.889 bits per heavy atom. The number of halogens is 4. The van der Waals surface area contributed by atoms with Gasteiger partial charge in [0.1, 0.15) is 23.9 Å². The van der Waals surface area contributed by atoms with Gasteiger partial charge in [-0.3, -0.25) is 0 Å². The molecule has 0 bridgehead atoms. The minimum atomic E-state index is -0.555. The summed E-state index contributed by atoms with van der Waals surface area (Å²) in [6, 6.07) is 16.6. The van der Waals surface area contributed by atoms with Crippen LogP contribution >= 0.6 is 34.8 Å². The number of benzene rings is 3. The average Bonchev–Trinajstić information content (AvgIpc) is 2.65. The Labute approximate surface area is 170 Å². The summed E-state index contributed by atoms with van der Waals surface area (Å²) < 4.78 is 19.3. The van der Waals surface area contributed by atoms with Gasteiger partial charge in [0.05, 0.1) is 11.2 Å². The van der Waals surface area contributed by atoms with E-state index < -0.39 is 5.82 Å². The van der Waals surface area contributed by atoms with Crippen molar-refractivity contribution < 1.29 is 14.0 Å². The van der Waals surface area contributed by atoms with E-state index in [9.17, 15) is 4.39 Å². The van der Waals surface area contributed by atoms with Crippen molar-refractivity contribution >= 4 is 41.0 Å². The molecule has 0 atom stereocenters. The van der Waals surface area contributed by atoms with E-state index in [1.807, 2.05) is 6.07 Å². The number of hydrogen-bond acceptors (Lipinski definition) is 3. The Morgan fingerprint density at radius 3 is 2.37 bits per heavy atom. The van der Waals surface area contributed by atoms with Crippen LogP contribution in [0, 0.1) is 5.82 Å². The van der Waals surface area contributed by atoms with Crippen LogP contribution in [-0.4, -0.2) is 6.21 Å². The molecule has 0 N–H and O–H groups in total. The van der Waals surface area contributed by atoms with Gasteiger partial charge in [0.15, 0.2) is 0 Å². The first-order chi connectivity index (χ1) is 13.0. The van der Waals surface area contributed by atoms with Crippen LogP contribution in [-0.2, 0) is 11.4 Å². The Bertz CT molecular complexity index is 959. The minimum absolute atomic E-state index is 0.0313. The van der Waals surface area contributed by atoms with E-state index in [1.165, 1.54) is 18.3 Å². The first-order valence-corrected chi connectivity index (χ1v) is 8.98. The monoisotopic (exact) mass is 423 g/mol. The first kappa shape index (κ1) is 19.5. The zero-order valence-corrected chi connectivity index (χ0v) is 16.1. The summed E-state index contributed by atoms with van der Waals surface area (Å²) in [5.41, 5.74) is 1.30. The number of hydrogen-bond donors (Lipinski definition) is 0. The molecule has 0 heterocycles. The summed E-state index contributed by atoms with van der Waals surface area (Å²) in [4.78, 5) is 5.29. The van der Waals surface area contributed by atoms with Gasteiger partial charge in [0, 0.05) is 27.2 Å². The molecule has 0 amide bonds. The quantitative estimate of drug-likeness (QED) is 0.311. The summed E-state index contributed by atoms with van der Waals surface area (Å²) in [5.74, 6) is 0.254. The number of oxime groups is 1. The molecule has 0 spiro atoms. The molecule has 138 valence electrons. The predicted octanol–water partition coefficient (Wildman–Crippen LogP) is 7.13. The maximum Gasteiger partial charge on any atom is 0.145 e. The Hall–Kier alpha value is -2.27. The number of nitrogens with zero attached hydrogens (tertiary/aromatic N) is 1. The molecule has 0 unspecified atom stereocenters. The second-order valence-electron chi connectivity index (χ2n) is 5.42. The van der Waals surface area contributed by atoms with Gasteiger partial charge in [-0.05, 0) is 36.4 Å². The zero-order valence-electron chi connectivity index (χ0n) is 13.8. The second kappa shape index (κ2) is 9.09. The normalized spacial score (nSPS) is 11.0. The molecule has 7 heteroatoms. The topological polar surface area (TPSA) is 30.8 Å². The van der Waals surface area contributed by atoms with E-state index in [4.69, 9.17) is 44.4 Å². The molecular formula is C20H13Cl3FNO2. The Balaban J connectivity index is 1.70. The predicted molar refractivity (Wildman–Crippen MR) is 107 cm³/mol. The first-order valence-electron chi connectivity index (χ1n) is 7.85. The molecule has 0 saturated carbocycles. The van der Waals surface area contributed by atoms with Gasteiger partial charge in [-0.25, -0.2) is 4.39 Å². The molecule has 0 fully saturated rings. The minimum Gasteiger partial charge on any atom is -0.457 e. The largest absolute Gasteiger partial charge is 0.457 e. The molecular weight excluding hydrogens is 412 g/mol. The molecule has 3 rings (SSSR count). The molecule has 0 aliphatic carbocycles. The lowest BCUT2D eigenvalue weighted by atomic mass is 10.2. The zero-order chi connectivity index (χ0) is 19.2. The van der Waals surface area contributed by atoms with Crippen molar-refractivity contribution in [1.29, 1.82) is 0 Å². The lowest BCUT2D eigenvalue weighted by molar-refractivity contribution is 0.132. The van der Waals surface area contributed by atoms with Crippen LogP contribution in [0.15, 0.2) is 65.8 Å². The van der Waals surface area contributed by atoms with E-state index in [0.29, 0.717) is 32.7 Å². The molecule has 0 aromatic heterocycles. The van der Waals surface area contributed by atoms with Crippen molar-refractivity contribution in [2.24, 2.45) is 5.16 Å². The van der Waals surface area contributed by atoms with Gasteiger partial charge in [-0.2, -0.15) is 0 Å². The highest BCUT2D eigenvalue weighted by Gasteiger charge is 2.07. The number of rotatable bonds is 6. The molecule has 27 heavy (non-hydrogen) atoms. The van der Waals surface area contributed by atoms with E-state index in [1.54, 1.807) is 42.5 Å². The van der Waals surface area contributed by atoms with Crippen LogP contribution < -0.4 is 4.74 Å². The molecule has 0 aliphatic rings. The van der Waals surface area contributed by atoms with Gasteiger partial charge in [0.2, 0.25) is 0 Å².